The Morgan fingerprint density at radius 1 is 0.174 bits per heavy atom. The zero-order valence-corrected chi connectivity index (χ0v) is 76.6. The van der Waals surface area contributed by atoms with Crippen LogP contribution in [0.15, 0.2) is 482 Å². The molecule has 2 aromatic heterocycles. The van der Waals surface area contributed by atoms with E-state index in [0.29, 0.717) is 0 Å². The van der Waals surface area contributed by atoms with Crippen molar-refractivity contribution in [2.45, 2.75) is 49.4 Å². The van der Waals surface area contributed by atoms with Crippen molar-refractivity contribution in [2.24, 2.45) is 0 Å². The van der Waals surface area contributed by atoms with E-state index in [4.69, 9.17) is 8.83 Å². The number of fused-ring (bicyclic) bond motifs is 30. The summed E-state index contributed by atoms with van der Waals surface area (Å²) in [5, 5.41) is 2.20. The minimum absolute atomic E-state index is 0.197. The van der Waals surface area contributed by atoms with Crippen molar-refractivity contribution in [3.8, 4) is 101 Å². The molecular formula is C132H90N4O2. The van der Waals surface area contributed by atoms with Crippen LogP contribution in [0.25, 0.3) is 122 Å². The van der Waals surface area contributed by atoms with Gasteiger partial charge in [-0.15, -0.1) is 0 Å². The second kappa shape index (κ2) is 30.1. The first-order valence-electron chi connectivity index (χ1n) is 48.1. The number of para-hydroxylation sites is 6. The molecule has 6 aliphatic carbocycles. The van der Waals surface area contributed by atoms with Gasteiger partial charge in [-0.05, 0) is 274 Å². The number of furan rings is 2. The van der Waals surface area contributed by atoms with Gasteiger partial charge in [-0.2, -0.15) is 0 Å². The van der Waals surface area contributed by atoms with Crippen LogP contribution in [0.2, 0.25) is 0 Å². The number of nitrogens with zero attached hydrogens (tertiary/aromatic N) is 4. The van der Waals surface area contributed by atoms with E-state index in [1.165, 1.54) is 106 Å². The van der Waals surface area contributed by atoms with Gasteiger partial charge in [-0.3, -0.25) is 0 Å². The highest BCUT2D eigenvalue weighted by Gasteiger charge is 2.58. The minimum Gasteiger partial charge on any atom is -0.456 e. The Labute approximate surface area is 802 Å². The molecule has 0 fully saturated rings. The predicted octanol–water partition coefficient (Wildman–Crippen LogP) is 35.4. The summed E-state index contributed by atoms with van der Waals surface area (Å²) in [5.41, 5.74) is 45.8. The van der Waals surface area contributed by atoms with Gasteiger partial charge in [-0.1, -0.05) is 349 Å². The smallest absolute Gasteiger partial charge is 0.142 e. The van der Waals surface area contributed by atoms with Gasteiger partial charge in [0.15, 0.2) is 0 Å². The first kappa shape index (κ1) is 79.3. The molecule has 2 atom stereocenters. The highest BCUT2D eigenvalue weighted by Crippen LogP contribution is 2.71. The molecule has 138 heavy (non-hydrogen) atoms. The predicted molar refractivity (Wildman–Crippen MR) is 569 cm³/mol. The van der Waals surface area contributed by atoms with Crippen molar-refractivity contribution < 1.29 is 8.83 Å². The zero-order valence-electron chi connectivity index (χ0n) is 76.6. The van der Waals surface area contributed by atoms with Crippen LogP contribution >= 0.6 is 0 Å². The number of benzene rings is 20. The lowest BCUT2D eigenvalue weighted by molar-refractivity contribution is 0.628. The minimum atomic E-state index is -0.826. The number of anilines is 12. The van der Waals surface area contributed by atoms with Gasteiger partial charge in [0, 0.05) is 106 Å². The second-order valence-electron chi connectivity index (χ2n) is 38.8. The molecule has 0 saturated heterocycles. The molecule has 22 aromatic rings. The fraction of sp³-hybridized carbons (Fsp3) is 0.0606. The Morgan fingerprint density at radius 3 is 1.08 bits per heavy atom. The summed E-state index contributed by atoms with van der Waals surface area (Å²) < 4.78 is 14.9. The highest BCUT2D eigenvalue weighted by molar-refractivity contribution is 6.10. The first-order valence-corrected chi connectivity index (χ1v) is 48.1. The maximum absolute atomic E-state index is 7.59. The molecular weight excluding hydrogens is 1670 g/mol. The third-order valence-corrected chi connectivity index (χ3v) is 31.0. The first-order chi connectivity index (χ1) is 68.0. The zero-order chi connectivity index (χ0) is 91.4. The molecule has 0 amide bonds. The Hall–Kier alpha value is -17.3. The van der Waals surface area contributed by atoms with Crippen LogP contribution in [0.5, 0.6) is 0 Å². The molecule has 20 aromatic carbocycles. The van der Waals surface area contributed by atoms with Crippen molar-refractivity contribution in [1.82, 2.24) is 0 Å². The van der Waals surface area contributed by atoms with Crippen LogP contribution < -0.4 is 19.6 Å². The van der Waals surface area contributed by atoms with Gasteiger partial charge in [-0.25, -0.2) is 0 Å². The molecule has 2 spiro atoms. The second-order valence-corrected chi connectivity index (χ2v) is 38.8. The third kappa shape index (κ3) is 11.3. The van der Waals surface area contributed by atoms with Gasteiger partial charge >= 0.3 is 0 Å². The van der Waals surface area contributed by atoms with E-state index in [2.05, 4.69) is 520 Å². The van der Waals surface area contributed by atoms with E-state index >= 15 is 0 Å². The number of hydrogen-bond donors (Lipinski definition) is 0. The van der Waals surface area contributed by atoms with Crippen LogP contribution in [0.1, 0.15) is 94.5 Å². The maximum Gasteiger partial charge on any atom is 0.142 e. The molecule has 0 radical (unpaired) electrons. The van der Waals surface area contributed by atoms with E-state index < -0.39 is 16.2 Å². The summed E-state index contributed by atoms with van der Waals surface area (Å²) in [6.45, 7) is 9.59. The summed E-state index contributed by atoms with van der Waals surface area (Å²) in [6.07, 6.45) is 0. The summed E-state index contributed by atoms with van der Waals surface area (Å²) in [5.74, 6) is 1.78. The quantitative estimate of drug-likeness (QED) is 0.102. The van der Waals surface area contributed by atoms with Gasteiger partial charge in [0.25, 0.3) is 0 Å². The van der Waals surface area contributed by atoms with E-state index in [-0.39, 0.29) is 5.41 Å². The SMILES string of the molecule is CC1(C)c2ccccc2-c2ccc(N(c3ccccc3)c3ccc4c(c3)C3(c5ccccc5-4)c4cccc(N(c5ccccc5)c5ccc6c(c5)C(C)(C)c5ccc(-c7ccc(-c8ccccc8)c(N(c8ccc(-c9ccccc9)cc8)c8ccc9c(c8)C8(c%10ccccc%10-c%10c(N(c%11ccccc%11)c%11ccccc%11)cccc%108)c8c-9oc9ccccc89)c7)cc5-6)c4-c4oc5ccccc5c43)cc21. The summed E-state index contributed by atoms with van der Waals surface area (Å²) in [6, 6.07) is 176. The van der Waals surface area contributed by atoms with Crippen LogP contribution in [-0.2, 0) is 21.7 Å². The Kier molecular flexibility index (Phi) is 17.3. The van der Waals surface area contributed by atoms with Gasteiger partial charge in [0.05, 0.1) is 27.9 Å². The van der Waals surface area contributed by atoms with E-state index in [1.54, 1.807) is 0 Å². The normalized spacial score (nSPS) is 15.4. The van der Waals surface area contributed by atoms with Crippen LogP contribution in [0.4, 0.5) is 68.2 Å². The third-order valence-electron chi connectivity index (χ3n) is 31.0. The molecule has 650 valence electrons. The number of hydrogen-bond acceptors (Lipinski definition) is 6. The van der Waals surface area contributed by atoms with Crippen molar-refractivity contribution >= 4 is 90.2 Å². The fourth-order valence-electron chi connectivity index (χ4n) is 25.1. The van der Waals surface area contributed by atoms with Crippen molar-refractivity contribution in [2.75, 3.05) is 19.6 Å². The monoisotopic (exact) mass is 1760 g/mol. The molecule has 0 N–H and O–H groups in total. The van der Waals surface area contributed by atoms with E-state index in [9.17, 15) is 0 Å². The molecule has 0 bridgehead atoms. The van der Waals surface area contributed by atoms with Gasteiger partial charge in [0.1, 0.15) is 22.7 Å². The molecule has 2 heterocycles. The molecule has 6 heteroatoms. The summed E-state index contributed by atoms with van der Waals surface area (Å²) in [4.78, 5) is 9.94. The molecule has 6 aliphatic rings. The lowest BCUT2D eigenvalue weighted by Gasteiger charge is -2.33. The van der Waals surface area contributed by atoms with E-state index in [0.717, 1.165) is 152 Å². The van der Waals surface area contributed by atoms with Crippen molar-refractivity contribution in [3.05, 3.63) is 540 Å². The summed E-state index contributed by atoms with van der Waals surface area (Å²) in [7, 11) is 0. The van der Waals surface area contributed by atoms with Gasteiger partial charge < -0.3 is 28.4 Å². The Morgan fingerprint density at radius 2 is 0.507 bits per heavy atom. The van der Waals surface area contributed by atoms with Gasteiger partial charge in [0.2, 0.25) is 0 Å². The lowest BCUT2D eigenvalue weighted by Crippen LogP contribution is -2.26. The molecule has 28 rings (SSSR count). The average molecular weight is 1760 g/mol. The topological polar surface area (TPSA) is 39.2 Å². The van der Waals surface area contributed by atoms with Crippen LogP contribution in [0, 0.1) is 0 Å². The standard InChI is InChI=1S/C132H90N4O2/c1-129(2)108-52-28-23-47-98(108)100-72-67-93(79-114(100)129)133(88-39-15-7-16-40-88)94-68-73-101-99-48-24-29-53-110(99)131(116(101)81-94)113-56-34-58-119(124(113)128-126(131)106-51-27-32-60-122(106)138-128)135(91-45-21-10-22-46-91)95-69-74-102-107-77-86(64-76-109(107)130(3,4)115(102)80-95)87-63-71-97(85-37-13-6-14-38-85)120(78-87)136(92-65-61-84(62-66-92)83-35-11-5-12-36-83)96-70-75-104-117(82-96)132(125-105-50-26-31-59-121(105)137-127(104)125)111-54-30-25-49-103(111)123-112(132)55-33-57-118(123)134(89-41-17-8-18-42-89)90-43-19-9-20-44-90/h5-82H,1-4H3. The van der Waals surface area contributed by atoms with Crippen LogP contribution in [0.3, 0.4) is 0 Å². The lowest BCUT2D eigenvalue weighted by atomic mass is 9.70. The average Bonchev–Trinajstić information content (AvgIpc) is 1.49. The maximum atomic E-state index is 7.59. The highest BCUT2D eigenvalue weighted by atomic mass is 16.3. The largest absolute Gasteiger partial charge is 0.456 e. The fourth-order valence-corrected chi connectivity index (χ4v) is 25.1. The van der Waals surface area contributed by atoms with E-state index in [1.807, 2.05) is 0 Å². The molecule has 0 saturated carbocycles. The molecule has 0 aliphatic heterocycles. The Balaban J connectivity index is 0.600. The molecule has 2 unspecified atom stereocenters. The van der Waals surface area contributed by atoms with Crippen molar-refractivity contribution in [1.29, 1.82) is 0 Å². The Bertz CT molecular complexity index is 8740. The van der Waals surface area contributed by atoms with Crippen molar-refractivity contribution in [3.63, 3.8) is 0 Å². The summed E-state index contributed by atoms with van der Waals surface area (Å²) >= 11 is 0. The van der Waals surface area contributed by atoms with Crippen LogP contribution in [-0.4, -0.2) is 0 Å². The number of rotatable bonds is 15. The molecule has 6 nitrogen and oxygen atoms in total.